The first-order chi connectivity index (χ1) is 13.3. The van der Waals surface area contributed by atoms with E-state index in [9.17, 15) is 9.59 Å². The Balaban J connectivity index is 2.14. The Kier molecular flexibility index (Phi) is 5.72. The van der Waals surface area contributed by atoms with E-state index in [2.05, 4.69) is 0 Å². The van der Waals surface area contributed by atoms with Gasteiger partial charge in [0.15, 0.2) is 0 Å². The third-order valence-corrected chi connectivity index (χ3v) is 4.69. The molecule has 3 rings (SSSR count). The van der Waals surface area contributed by atoms with Crippen LogP contribution in [0.5, 0.6) is 5.75 Å². The van der Waals surface area contributed by atoms with Crippen molar-refractivity contribution in [3.8, 4) is 5.75 Å². The molecule has 7 heteroatoms. The van der Waals surface area contributed by atoms with Crippen LogP contribution in [0.2, 0.25) is 5.02 Å². The first kappa shape index (κ1) is 19.9. The topological polar surface area (TPSA) is 60.8 Å². The van der Waals surface area contributed by atoms with Gasteiger partial charge in [0.1, 0.15) is 5.75 Å². The van der Waals surface area contributed by atoms with Gasteiger partial charge in [-0.15, -0.1) is 5.06 Å². The molecule has 0 N–H and O–H groups in total. The third-order valence-electron chi connectivity index (χ3n) is 4.44. The van der Waals surface area contributed by atoms with Gasteiger partial charge < -0.3 is 9.57 Å². The van der Waals surface area contributed by atoms with Gasteiger partial charge >= 0.3 is 5.97 Å². The molecule has 0 atom stereocenters. The lowest BCUT2D eigenvalue weighted by molar-refractivity contribution is -0.177. The van der Waals surface area contributed by atoms with Crippen LogP contribution in [0.4, 0.5) is 0 Å². The lowest BCUT2D eigenvalue weighted by atomic mass is 10.1. The monoisotopic (exact) mass is 400 g/mol. The van der Waals surface area contributed by atoms with E-state index in [1.165, 1.54) is 5.06 Å². The highest BCUT2D eigenvalue weighted by Gasteiger charge is 2.22. The number of benzene rings is 2. The quantitative estimate of drug-likeness (QED) is 0.608. The highest BCUT2D eigenvalue weighted by atomic mass is 35.5. The standard InChI is InChI=1S/C21H21ClN2O4/c1-13-17(12-20(25)28-23(2)3)18-11-16(27-4)9-10-19(18)24(13)21(26)14-5-7-15(22)8-6-14/h5-11H,12H2,1-4H3. The van der Waals surface area contributed by atoms with Gasteiger partial charge in [0.05, 0.1) is 19.0 Å². The molecular weight excluding hydrogens is 380 g/mol. The van der Waals surface area contributed by atoms with Crippen LogP contribution >= 0.6 is 11.6 Å². The molecule has 146 valence electrons. The van der Waals surface area contributed by atoms with Gasteiger partial charge in [0.2, 0.25) is 0 Å². The predicted octanol–water partition coefficient (Wildman–Crippen LogP) is 3.86. The number of methoxy groups -OCH3 is 1. The van der Waals surface area contributed by atoms with Crippen LogP contribution in [0.25, 0.3) is 10.9 Å². The van der Waals surface area contributed by atoms with Crippen LogP contribution in [0.3, 0.4) is 0 Å². The van der Waals surface area contributed by atoms with E-state index in [1.807, 2.05) is 19.1 Å². The molecule has 0 bridgehead atoms. The molecule has 0 radical (unpaired) electrons. The van der Waals surface area contributed by atoms with Crippen LogP contribution < -0.4 is 4.74 Å². The van der Waals surface area contributed by atoms with Gasteiger partial charge in [0.25, 0.3) is 5.91 Å². The van der Waals surface area contributed by atoms with Crippen molar-refractivity contribution in [1.29, 1.82) is 0 Å². The van der Waals surface area contributed by atoms with Crippen molar-refractivity contribution in [2.24, 2.45) is 0 Å². The molecule has 0 fully saturated rings. The summed E-state index contributed by atoms with van der Waals surface area (Å²) in [4.78, 5) is 30.6. The fraction of sp³-hybridized carbons (Fsp3) is 0.238. The maximum absolute atomic E-state index is 13.2. The molecule has 1 heterocycles. The second kappa shape index (κ2) is 8.04. The van der Waals surface area contributed by atoms with Crippen LogP contribution in [0.15, 0.2) is 42.5 Å². The second-order valence-electron chi connectivity index (χ2n) is 6.55. The average molecular weight is 401 g/mol. The zero-order valence-electron chi connectivity index (χ0n) is 16.2. The number of halogens is 1. The maximum atomic E-state index is 13.2. The number of nitrogens with zero attached hydrogens (tertiary/aromatic N) is 2. The lowest BCUT2D eigenvalue weighted by Crippen LogP contribution is -2.20. The fourth-order valence-corrected chi connectivity index (χ4v) is 3.30. The summed E-state index contributed by atoms with van der Waals surface area (Å²) in [5.74, 6) is 0.0382. The van der Waals surface area contributed by atoms with Crippen molar-refractivity contribution in [2.75, 3.05) is 21.2 Å². The lowest BCUT2D eigenvalue weighted by Gasteiger charge is -2.10. The molecule has 0 aliphatic rings. The molecule has 0 aliphatic carbocycles. The van der Waals surface area contributed by atoms with Crippen molar-refractivity contribution >= 4 is 34.4 Å². The van der Waals surface area contributed by atoms with E-state index in [0.717, 1.165) is 10.9 Å². The molecule has 0 saturated carbocycles. The maximum Gasteiger partial charge on any atom is 0.329 e. The Labute approximate surface area is 168 Å². The third kappa shape index (κ3) is 3.88. The highest BCUT2D eigenvalue weighted by molar-refractivity contribution is 6.30. The summed E-state index contributed by atoms with van der Waals surface area (Å²) < 4.78 is 6.93. The van der Waals surface area contributed by atoms with Crippen molar-refractivity contribution in [2.45, 2.75) is 13.3 Å². The molecular formula is C21H21ClN2O4. The van der Waals surface area contributed by atoms with E-state index in [-0.39, 0.29) is 12.3 Å². The minimum atomic E-state index is -0.408. The number of fused-ring (bicyclic) bond motifs is 1. The van der Waals surface area contributed by atoms with E-state index in [0.29, 0.717) is 27.5 Å². The van der Waals surface area contributed by atoms with Crippen molar-refractivity contribution < 1.29 is 19.2 Å². The average Bonchev–Trinajstić information content (AvgIpc) is 2.92. The Bertz CT molecular complexity index is 1040. The van der Waals surface area contributed by atoms with Gasteiger partial charge in [-0.25, -0.2) is 4.79 Å². The number of carbonyl (C=O) groups excluding carboxylic acids is 2. The Hall–Kier alpha value is -2.83. The number of hydrogen-bond acceptors (Lipinski definition) is 5. The SMILES string of the molecule is COc1ccc2c(c1)c(CC(=O)ON(C)C)c(C)n2C(=O)c1ccc(Cl)cc1. The zero-order valence-corrected chi connectivity index (χ0v) is 16.9. The molecule has 0 aliphatic heterocycles. The summed E-state index contributed by atoms with van der Waals surface area (Å²) in [6.45, 7) is 1.82. The van der Waals surface area contributed by atoms with Crippen LogP contribution in [-0.2, 0) is 16.1 Å². The number of hydroxylamine groups is 2. The molecule has 0 amide bonds. The van der Waals surface area contributed by atoms with Crippen molar-refractivity contribution in [1.82, 2.24) is 9.63 Å². The summed E-state index contributed by atoms with van der Waals surface area (Å²) in [5.41, 5.74) is 2.61. The number of aromatic nitrogens is 1. The second-order valence-corrected chi connectivity index (χ2v) is 6.98. The molecule has 0 spiro atoms. The molecule has 6 nitrogen and oxygen atoms in total. The predicted molar refractivity (Wildman–Crippen MR) is 108 cm³/mol. The van der Waals surface area contributed by atoms with Crippen LogP contribution in [0, 0.1) is 6.92 Å². The Morgan fingerprint density at radius 3 is 2.39 bits per heavy atom. The first-order valence-corrected chi connectivity index (χ1v) is 9.06. The Morgan fingerprint density at radius 1 is 1.11 bits per heavy atom. The number of hydrogen-bond donors (Lipinski definition) is 0. The number of ether oxygens (including phenoxy) is 1. The van der Waals surface area contributed by atoms with Gasteiger partial charge in [-0.2, -0.15) is 0 Å². The minimum Gasteiger partial charge on any atom is -0.497 e. The molecule has 0 unspecified atom stereocenters. The van der Waals surface area contributed by atoms with Crippen LogP contribution in [-0.4, -0.2) is 42.7 Å². The summed E-state index contributed by atoms with van der Waals surface area (Å²) in [5, 5.41) is 2.67. The minimum absolute atomic E-state index is 0.0363. The van der Waals surface area contributed by atoms with Crippen LogP contribution in [0.1, 0.15) is 21.6 Å². The molecule has 1 aromatic heterocycles. The summed E-state index contributed by atoms with van der Waals surface area (Å²) >= 11 is 5.94. The van der Waals surface area contributed by atoms with Crippen molar-refractivity contribution in [3.63, 3.8) is 0 Å². The fourth-order valence-electron chi connectivity index (χ4n) is 3.18. The zero-order chi connectivity index (χ0) is 20.4. The van der Waals surface area contributed by atoms with E-state index in [4.69, 9.17) is 21.2 Å². The normalized spacial score (nSPS) is 11.1. The summed E-state index contributed by atoms with van der Waals surface area (Å²) in [6.07, 6.45) is 0.0363. The molecule has 0 saturated heterocycles. The molecule has 28 heavy (non-hydrogen) atoms. The molecule has 3 aromatic rings. The summed E-state index contributed by atoms with van der Waals surface area (Å²) in [7, 11) is 4.85. The van der Waals surface area contributed by atoms with Gasteiger partial charge in [-0.3, -0.25) is 9.36 Å². The summed E-state index contributed by atoms with van der Waals surface area (Å²) in [6, 6.07) is 12.1. The number of rotatable bonds is 5. The van der Waals surface area contributed by atoms with E-state index < -0.39 is 5.97 Å². The van der Waals surface area contributed by atoms with E-state index >= 15 is 0 Å². The van der Waals surface area contributed by atoms with Gasteiger partial charge in [-0.1, -0.05) is 11.6 Å². The molecule has 2 aromatic carbocycles. The smallest absolute Gasteiger partial charge is 0.329 e. The largest absolute Gasteiger partial charge is 0.497 e. The number of carbonyl (C=O) groups is 2. The van der Waals surface area contributed by atoms with Crippen molar-refractivity contribution in [3.05, 3.63) is 64.3 Å². The first-order valence-electron chi connectivity index (χ1n) is 8.68. The Morgan fingerprint density at radius 2 is 1.79 bits per heavy atom. The van der Waals surface area contributed by atoms with E-state index in [1.54, 1.807) is 56.1 Å². The highest BCUT2D eigenvalue weighted by Crippen LogP contribution is 2.31. The van der Waals surface area contributed by atoms with Gasteiger partial charge in [0, 0.05) is 35.8 Å². The van der Waals surface area contributed by atoms with Gasteiger partial charge in [-0.05, 0) is 55.0 Å².